The van der Waals surface area contributed by atoms with E-state index >= 15 is 0 Å². The normalized spacial score (nSPS) is 16.6. The molecule has 6 heteroatoms. The highest BCUT2D eigenvalue weighted by Gasteiger charge is 2.28. The fraction of sp³-hybridized carbons (Fsp3) is 0.238. The second-order valence-corrected chi connectivity index (χ2v) is 7.39. The summed E-state index contributed by atoms with van der Waals surface area (Å²) in [6, 6.07) is 12.4. The van der Waals surface area contributed by atoms with Crippen LogP contribution in [0.15, 0.2) is 48.7 Å². The van der Waals surface area contributed by atoms with Crippen LogP contribution in [0.4, 0.5) is 0 Å². The Morgan fingerprint density at radius 1 is 1.19 bits per heavy atom. The molecule has 1 aliphatic heterocycles. The van der Waals surface area contributed by atoms with Crippen molar-refractivity contribution in [2.75, 3.05) is 0 Å². The van der Waals surface area contributed by atoms with Crippen molar-refractivity contribution in [2.45, 2.75) is 32.4 Å². The first-order chi connectivity index (χ1) is 12.9. The summed E-state index contributed by atoms with van der Waals surface area (Å²) in [5.74, 6) is -0.262. The third kappa shape index (κ3) is 4.34. The maximum atomic E-state index is 12.7. The van der Waals surface area contributed by atoms with Crippen LogP contribution in [-0.4, -0.2) is 16.7 Å². The molecule has 0 bridgehead atoms. The number of nitrogens with one attached hydrogen (secondary N) is 1. The Hall–Kier alpha value is -2.30. The number of hydrogen-bond donors (Lipinski definition) is 1. The SMILES string of the molecule is CC(=O)N1C=Cc2ccccc2C1CC(=O)NC(C)c1ccc(Cl)cc1Cl. The van der Waals surface area contributed by atoms with E-state index in [-0.39, 0.29) is 30.3 Å². The second-order valence-electron chi connectivity index (χ2n) is 6.55. The summed E-state index contributed by atoms with van der Waals surface area (Å²) in [5.41, 5.74) is 2.77. The van der Waals surface area contributed by atoms with Gasteiger partial charge in [-0.3, -0.25) is 9.59 Å². The van der Waals surface area contributed by atoms with Crippen molar-refractivity contribution < 1.29 is 9.59 Å². The Morgan fingerprint density at radius 2 is 1.93 bits per heavy atom. The van der Waals surface area contributed by atoms with Gasteiger partial charge < -0.3 is 10.2 Å². The smallest absolute Gasteiger partial charge is 0.223 e. The molecule has 2 amide bonds. The summed E-state index contributed by atoms with van der Waals surface area (Å²) >= 11 is 12.2. The lowest BCUT2D eigenvalue weighted by Crippen LogP contribution is -2.36. The number of benzene rings is 2. The van der Waals surface area contributed by atoms with Gasteiger partial charge >= 0.3 is 0 Å². The molecule has 2 aromatic carbocycles. The van der Waals surface area contributed by atoms with Crippen LogP contribution < -0.4 is 5.32 Å². The summed E-state index contributed by atoms with van der Waals surface area (Å²) in [7, 11) is 0. The lowest BCUT2D eigenvalue weighted by molar-refractivity contribution is -0.130. The number of hydrogen-bond acceptors (Lipinski definition) is 2. The van der Waals surface area contributed by atoms with Gasteiger partial charge in [0.25, 0.3) is 0 Å². The lowest BCUT2D eigenvalue weighted by atomic mass is 9.93. The van der Waals surface area contributed by atoms with Gasteiger partial charge in [-0.25, -0.2) is 0 Å². The number of carbonyl (C=O) groups is 2. The molecule has 1 heterocycles. The van der Waals surface area contributed by atoms with Crippen molar-refractivity contribution in [1.82, 2.24) is 10.2 Å². The van der Waals surface area contributed by atoms with Gasteiger partial charge in [0, 0.05) is 23.2 Å². The van der Waals surface area contributed by atoms with E-state index in [2.05, 4.69) is 5.32 Å². The standard InChI is InChI=1S/C21H20Cl2N2O2/c1-13(17-8-7-16(22)11-19(17)23)24-21(27)12-20-18-6-4-3-5-15(18)9-10-25(20)14(2)26/h3-11,13,20H,12H2,1-2H3,(H,24,27). The van der Waals surface area contributed by atoms with E-state index in [4.69, 9.17) is 23.2 Å². The average Bonchev–Trinajstić information content (AvgIpc) is 2.61. The molecule has 1 N–H and O–H groups in total. The number of halogens is 2. The van der Waals surface area contributed by atoms with Crippen LogP contribution in [-0.2, 0) is 9.59 Å². The third-order valence-electron chi connectivity index (χ3n) is 4.65. The molecular formula is C21H20Cl2N2O2. The predicted molar refractivity (Wildman–Crippen MR) is 108 cm³/mol. The molecule has 0 saturated carbocycles. The fourth-order valence-corrected chi connectivity index (χ4v) is 3.89. The van der Waals surface area contributed by atoms with E-state index in [9.17, 15) is 9.59 Å². The molecular weight excluding hydrogens is 383 g/mol. The van der Waals surface area contributed by atoms with E-state index in [0.717, 1.165) is 16.7 Å². The van der Waals surface area contributed by atoms with Crippen LogP contribution in [0.25, 0.3) is 6.08 Å². The van der Waals surface area contributed by atoms with Crippen LogP contribution in [0.3, 0.4) is 0 Å². The van der Waals surface area contributed by atoms with Gasteiger partial charge in [-0.2, -0.15) is 0 Å². The number of nitrogens with zero attached hydrogens (tertiary/aromatic N) is 1. The summed E-state index contributed by atoms with van der Waals surface area (Å²) < 4.78 is 0. The molecule has 0 aromatic heterocycles. The van der Waals surface area contributed by atoms with Gasteiger partial charge in [0.05, 0.1) is 18.5 Å². The van der Waals surface area contributed by atoms with Crippen molar-refractivity contribution in [3.8, 4) is 0 Å². The predicted octanol–water partition coefficient (Wildman–Crippen LogP) is 5.13. The van der Waals surface area contributed by atoms with Gasteiger partial charge in [0.1, 0.15) is 0 Å². The van der Waals surface area contributed by atoms with Gasteiger partial charge in [-0.05, 0) is 41.8 Å². The Kier molecular flexibility index (Phi) is 5.88. The van der Waals surface area contributed by atoms with Crippen LogP contribution >= 0.6 is 23.2 Å². The summed E-state index contributed by atoms with van der Waals surface area (Å²) in [4.78, 5) is 26.3. The van der Waals surface area contributed by atoms with Crippen LogP contribution in [0.5, 0.6) is 0 Å². The van der Waals surface area contributed by atoms with E-state index in [0.29, 0.717) is 10.0 Å². The van der Waals surface area contributed by atoms with Gasteiger partial charge in [0.15, 0.2) is 0 Å². The minimum atomic E-state index is -0.336. The topological polar surface area (TPSA) is 49.4 Å². The minimum absolute atomic E-state index is 0.104. The van der Waals surface area contributed by atoms with Crippen LogP contribution in [0.1, 0.15) is 49.0 Å². The molecule has 0 saturated heterocycles. The second kappa shape index (κ2) is 8.15. The van der Waals surface area contributed by atoms with E-state index in [1.54, 1.807) is 29.3 Å². The average molecular weight is 403 g/mol. The molecule has 2 unspecified atom stereocenters. The number of rotatable bonds is 4. The first-order valence-electron chi connectivity index (χ1n) is 8.67. The number of amides is 2. The number of carbonyl (C=O) groups excluding carboxylic acids is 2. The molecule has 27 heavy (non-hydrogen) atoms. The molecule has 0 spiro atoms. The van der Waals surface area contributed by atoms with E-state index in [1.807, 2.05) is 37.3 Å². The first-order valence-corrected chi connectivity index (χ1v) is 9.42. The Bertz CT molecular complexity index is 911. The zero-order chi connectivity index (χ0) is 19.6. The van der Waals surface area contributed by atoms with Crippen molar-refractivity contribution in [3.63, 3.8) is 0 Å². The summed E-state index contributed by atoms with van der Waals surface area (Å²) in [6.45, 7) is 3.36. The van der Waals surface area contributed by atoms with Gasteiger partial charge in [0.2, 0.25) is 11.8 Å². The highest BCUT2D eigenvalue weighted by atomic mass is 35.5. The van der Waals surface area contributed by atoms with Crippen molar-refractivity contribution in [1.29, 1.82) is 0 Å². The summed E-state index contributed by atoms with van der Waals surface area (Å²) in [6.07, 6.45) is 3.79. The summed E-state index contributed by atoms with van der Waals surface area (Å²) in [5, 5.41) is 4.02. The Morgan fingerprint density at radius 3 is 2.63 bits per heavy atom. The van der Waals surface area contributed by atoms with E-state index in [1.165, 1.54) is 6.92 Å². The zero-order valence-electron chi connectivity index (χ0n) is 15.1. The lowest BCUT2D eigenvalue weighted by Gasteiger charge is -2.32. The third-order valence-corrected chi connectivity index (χ3v) is 5.22. The molecule has 1 aliphatic rings. The van der Waals surface area contributed by atoms with Gasteiger partial charge in [-0.1, -0.05) is 53.5 Å². The molecule has 4 nitrogen and oxygen atoms in total. The largest absolute Gasteiger partial charge is 0.349 e. The molecule has 2 aromatic rings. The first kappa shape index (κ1) is 19.5. The van der Waals surface area contributed by atoms with Crippen molar-refractivity contribution >= 4 is 41.1 Å². The van der Waals surface area contributed by atoms with Crippen molar-refractivity contribution in [2.24, 2.45) is 0 Å². The highest BCUT2D eigenvalue weighted by Crippen LogP contribution is 2.33. The fourth-order valence-electron chi connectivity index (χ4n) is 3.32. The van der Waals surface area contributed by atoms with E-state index < -0.39 is 0 Å². The zero-order valence-corrected chi connectivity index (χ0v) is 16.6. The monoisotopic (exact) mass is 402 g/mol. The maximum Gasteiger partial charge on any atom is 0.223 e. The number of fused-ring (bicyclic) bond motifs is 1. The molecule has 2 atom stereocenters. The highest BCUT2D eigenvalue weighted by molar-refractivity contribution is 6.35. The molecule has 0 aliphatic carbocycles. The van der Waals surface area contributed by atoms with Crippen molar-refractivity contribution in [3.05, 3.63) is 75.4 Å². The molecule has 0 radical (unpaired) electrons. The Labute approximate surface area is 168 Å². The van der Waals surface area contributed by atoms with Crippen LogP contribution in [0, 0.1) is 0 Å². The Balaban J connectivity index is 1.77. The molecule has 0 fully saturated rings. The molecule has 3 rings (SSSR count). The van der Waals surface area contributed by atoms with Gasteiger partial charge in [-0.15, -0.1) is 0 Å². The quantitative estimate of drug-likeness (QED) is 0.769. The van der Waals surface area contributed by atoms with Crippen LogP contribution in [0.2, 0.25) is 10.0 Å². The minimum Gasteiger partial charge on any atom is -0.349 e. The maximum absolute atomic E-state index is 12.7. The molecule has 140 valence electrons.